The molecule has 0 spiro atoms. The third kappa shape index (κ3) is 7.31. The first-order valence-electron chi connectivity index (χ1n) is 7.61. The molecule has 0 amide bonds. The fraction of sp³-hybridized carbons (Fsp3) is 0.867. The minimum atomic E-state index is -0.0766. The normalized spacial score (nSPS) is 17.3. The Morgan fingerprint density at radius 3 is 2.47 bits per heavy atom. The van der Waals surface area contributed by atoms with E-state index in [4.69, 9.17) is 4.74 Å². The molecule has 1 fully saturated rings. The Hall–Kier alpha value is -0.900. The summed E-state index contributed by atoms with van der Waals surface area (Å²) < 4.78 is 5.42. The lowest BCUT2D eigenvalue weighted by Crippen LogP contribution is -2.34. The zero-order valence-corrected chi connectivity index (χ0v) is 12.1. The van der Waals surface area contributed by atoms with Crippen molar-refractivity contribution in [2.24, 2.45) is 0 Å². The summed E-state index contributed by atoms with van der Waals surface area (Å²) in [4.78, 5) is 24.0. The van der Waals surface area contributed by atoms with Crippen LogP contribution in [0.5, 0.6) is 0 Å². The maximum Gasteiger partial charge on any atom is 0.307 e. The topological polar surface area (TPSA) is 46.6 Å². The molecule has 1 atom stereocenters. The molecular weight excluding hydrogens is 242 g/mol. The van der Waals surface area contributed by atoms with Gasteiger partial charge in [-0.2, -0.15) is 0 Å². The molecule has 0 bridgehead atoms. The van der Waals surface area contributed by atoms with Crippen molar-refractivity contribution in [3.63, 3.8) is 0 Å². The SMILES string of the molecule is CC(OC(=O)CCCCCCCC=O)N1CCCC1. The highest BCUT2D eigenvalue weighted by atomic mass is 16.6. The van der Waals surface area contributed by atoms with Crippen LogP contribution in [0.4, 0.5) is 0 Å². The third-order valence-corrected chi connectivity index (χ3v) is 3.66. The summed E-state index contributed by atoms with van der Waals surface area (Å²) in [6.07, 6.45) is 9.60. The molecule has 1 unspecified atom stereocenters. The highest BCUT2D eigenvalue weighted by Gasteiger charge is 2.20. The van der Waals surface area contributed by atoms with Gasteiger partial charge >= 0.3 is 5.97 Å². The number of unbranched alkanes of at least 4 members (excludes halogenated alkanes) is 5. The Morgan fingerprint density at radius 2 is 1.79 bits per heavy atom. The summed E-state index contributed by atoms with van der Waals surface area (Å²) >= 11 is 0. The summed E-state index contributed by atoms with van der Waals surface area (Å²) in [5.41, 5.74) is 0. The molecule has 0 saturated carbocycles. The fourth-order valence-electron chi connectivity index (χ4n) is 2.46. The van der Waals surface area contributed by atoms with Gasteiger partial charge in [0.15, 0.2) is 6.23 Å². The number of hydrogen-bond donors (Lipinski definition) is 0. The number of ether oxygens (including phenoxy) is 1. The monoisotopic (exact) mass is 269 g/mol. The minimum absolute atomic E-state index is 0.0670. The quantitative estimate of drug-likeness (QED) is 0.347. The lowest BCUT2D eigenvalue weighted by Gasteiger charge is -2.23. The Morgan fingerprint density at radius 1 is 1.16 bits per heavy atom. The van der Waals surface area contributed by atoms with E-state index in [-0.39, 0.29) is 12.2 Å². The average molecular weight is 269 g/mol. The molecule has 1 heterocycles. The van der Waals surface area contributed by atoms with Gasteiger partial charge in [-0.05, 0) is 32.6 Å². The molecule has 1 rings (SSSR count). The van der Waals surface area contributed by atoms with Crippen LogP contribution < -0.4 is 0 Å². The van der Waals surface area contributed by atoms with Crippen LogP contribution in [0.3, 0.4) is 0 Å². The first-order chi connectivity index (χ1) is 9.24. The van der Waals surface area contributed by atoms with Crippen molar-refractivity contribution in [2.45, 2.75) is 70.9 Å². The van der Waals surface area contributed by atoms with Crippen molar-refractivity contribution >= 4 is 12.3 Å². The van der Waals surface area contributed by atoms with E-state index in [9.17, 15) is 9.59 Å². The van der Waals surface area contributed by atoms with E-state index < -0.39 is 0 Å². The Labute approximate surface area is 116 Å². The standard InChI is InChI=1S/C15H27NO3/c1-14(16-11-7-8-12-16)19-15(18)10-6-4-2-3-5-9-13-17/h13-14H,2-12H2,1H3. The molecule has 0 aromatic carbocycles. The first-order valence-corrected chi connectivity index (χ1v) is 7.61. The van der Waals surface area contributed by atoms with Crippen LogP contribution in [-0.2, 0) is 14.3 Å². The van der Waals surface area contributed by atoms with Gasteiger partial charge in [-0.1, -0.05) is 19.3 Å². The van der Waals surface area contributed by atoms with Gasteiger partial charge in [0.05, 0.1) is 0 Å². The smallest absolute Gasteiger partial charge is 0.307 e. The van der Waals surface area contributed by atoms with E-state index in [1.807, 2.05) is 6.92 Å². The average Bonchev–Trinajstić information content (AvgIpc) is 2.91. The molecule has 19 heavy (non-hydrogen) atoms. The van der Waals surface area contributed by atoms with Crippen LogP contribution in [0.25, 0.3) is 0 Å². The van der Waals surface area contributed by atoms with Gasteiger partial charge in [-0.25, -0.2) is 0 Å². The lowest BCUT2D eigenvalue weighted by molar-refractivity contribution is -0.156. The van der Waals surface area contributed by atoms with Gasteiger partial charge in [-0.15, -0.1) is 0 Å². The van der Waals surface area contributed by atoms with E-state index >= 15 is 0 Å². The van der Waals surface area contributed by atoms with E-state index in [1.54, 1.807) is 0 Å². The third-order valence-electron chi connectivity index (χ3n) is 3.66. The van der Waals surface area contributed by atoms with Crippen LogP contribution in [0, 0.1) is 0 Å². The first kappa shape index (κ1) is 16.2. The van der Waals surface area contributed by atoms with Gasteiger partial charge in [0.2, 0.25) is 0 Å². The zero-order valence-electron chi connectivity index (χ0n) is 12.1. The van der Waals surface area contributed by atoms with E-state index in [1.165, 1.54) is 12.8 Å². The molecule has 4 nitrogen and oxygen atoms in total. The molecule has 0 radical (unpaired) electrons. The molecule has 4 heteroatoms. The molecule has 0 aliphatic carbocycles. The largest absolute Gasteiger partial charge is 0.447 e. The number of rotatable bonds is 10. The maximum atomic E-state index is 11.7. The van der Waals surface area contributed by atoms with Crippen LogP contribution >= 0.6 is 0 Å². The number of esters is 1. The molecule has 1 aliphatic heterocycles. The van der Waals surface area contributed by atoms with Crippen molar-refractivity contribution in [1.29, 1.82) is 0 Å². The summed E-state index contributed by atoms with van der Waals surface area (Å²) in [5.74, 6) is -0.0766. The van der Waals surface area contributed by atoms with Gasteiger partial charge < -0.3 is 9.53 Å². The summed E-state index contributed by atoms with van der Waals surface area (Å²) in [6.45, 7) is 4.05. The molecule has 1 saturated heterocycles. The van der Waals surface area contributed by atoms with E-state index in [0.29, 0.717) is 12.8 Å². The number of hydrogen-bond acceptors (Lipinski definition) is 4. The fourth-order valence-corrected chi connectivity index (χ4v) is 2.46. The molecule has 0 aromatic rings. The van der Waals surface area contributed by atoms with E-state index in [2.05, 4.69) is 4.90 Å². The van der Waals surface area contributed by atoms with Crippen molar-refractivity contribution in [2.75, 3.05) is 13.1 Å². The van der Waals surface area contributed by atoms with Gasteiger partial charge in [0, 0.05) is 25.9 Å². The van der Waals surface area contributed by atoms with Gasteiger partial charge in [0.1, 0.15) is 6.29 Å². The van der Waals surface area contributed by atoms with Crippen LogP contribution in [0.15, 0.2) is 0 Å². The summed E-state index contributed by atoms with van der Waals surface area (Å²) in [7, 11) is 0. The highest BCUT2D eigenvalue weighted by molar-refractivity contribution is 5.69. The van der Waals surface area contributed by atoms with Crippen molar-refractivity contribution < 1.29 is 14.3 Å². The highest BCUT2D eigenvalue weighted by Crippen LogP contribution is 2.13. The Kier molecular flexibility index (Phi) is 8.47. The Bertz CT molecular complexity index is 262. The Balaban J connectivity index is 1.96. The lowest BCUT2D eigenvalue weighted by atomic mass is 10.1. The van der Waals surface area contributed by atoms with Crippen molar-refractivity contribution in [1.82, 2.24) is 4.90 Å². The maximum absolute atomic E-state index is 11.7. The molecule has 0 aromatic heterocycles. The predicted molar refractivity (Wildman–Crippen MR) is 74.7 cm³/mol. The number of aldehydes is 1. The predicted octanol–water partition coefficient (Wildman–Crippen LogP) is 2.90. The molecule has 110 valence electrons. The number of nitrogens with zero attached hydrogens (tertiary/aromatic N) is 1. The zero-order chi connectivity index (χ0) is 13.9. The number of likely N-dealkylation sites (tertiary alicyclic amines) is 1. The van der Waals surface area contributed by atoms with Crippen LogP contribution in [0.2, 0.25) is 0 Å². The van der Waals surface area contributed by atoms with Crippen molar-refractivity contribution in [3.05, 3.63) is 0 Å². The van der Waals surface area contributed by atoms with E-state index in [0.717, 1.165) is 51.5 Å². The number of carbonyl (C=O) groups excluding carboxylic acids is 2. The van der Waals surface area contributed by atoms with Crippen molar-refractivity contribution in [3.8, 4) is 0 Å². The van der Waals surface area contributed by atoms with Gasteiger partial charge in [-0.3, -0.25) is 9.69 Å². The molecular formula is C15H27NO3. The number of carbonyl (C=O) groups is 2. The molecule has 1 aliphatic rings. The summed E-state index contributed by atoms with van der Waals surface area (Å²) in [5, 5.41) is 0. The second-order valence-corrected chi connectivity index (χ2v) is 5.31. The second kappa shape index (κ2) is 9.96. The summed E-state index contributed by atoms with van der Waals surface area (Å²) in [6, 6.07) is 0. The van der Waals surface area contributed by atoms with Crippen LogP contribution in [-0.4, -0.2) is 36.5 Å². The second-order valence-electron chi connectivity index (χ2n) is 5.31. The van der Waals surface area contributed by atoms with Crippen LogP contribution in [0.1, 0.15) is 64.7 Å². The minimum Gasteiger partial charge on any atom is -0.447 e. The molecule has 0 N–H and O–H groups in total. The van der Waals surface area contributed by atoms with Gasteiger partial charge in [0.25, 0.3) is 0 Å².